The highest BCUT2D eigenvalue weighted by Crippen LogP contribution is 2.30. The molecule has 4 heteroatoms. The summed E-state index contributed by atoms with van der Waals surface area (Å²) in [6.07, 6.45) is 4.36. The molecule has 0 fully saturated rings. The molecule has 0 saturated carbocycles. The number of halogens is 2. The quantitative estimate of drug-likeness (QED) is 0.547. The summed E-state index contributed by atoms with van der Waals surface area (Å²) in [6, 6.07) is 0. The molecule has 0 spiro atoms. The van der Waals surface area contributed by atoms with Crippen molar-refractivity contribution in [2.45, 2.75) is 32.6 Å². The molecule has 1 aliphatic carbocycles. The van der Waals surface area contributed by atoms with Gasteiger partial charge in [0.15, 0.2) is 0 Å². The average Bonchev–Trinajstić information content (AvgIpc) is 2.17. The monoisotopic (exact) mass is 230 g/mol. The Kier molecular flexibility index (Phi) is 2.93. The van der Waals surface area contributed by atoms with Gasteiger partial charge < -0.3 is 0 Å². The highest BCUT2D eigenvalue weighted by atomic mass is 35.5. The van der Waals surface area contributed by atoms with Gasteiger partial charge in [-0.15, -0.1) is 0 Å². The van der Waals surface area contributed by atoms with Crippen LogP contribution in [0.3, 0.4) is 0 Å². The summed E-state index contributed by atoms with van der Waals surface area (Å²) in [4.78, 5) is 8.19. The predicted octanol–water partition coefficient (Wildman–Crippen LogP) is 3.30. The lowest BCUT2D eigenvalue weighted by Crippen LogP contribution is -2.16. The molecule has 0 saturated heterocycles. The van der Waals surface area contributed by atoms with E-state index in [1.165, 1.54) is 12.8 Å². The minimum Gasteiger partial charge on any atom is -0.223 e. The number of fused-ring (bicyclic) bond motifs is 1. The zero-order chi connectivity index (χ0) is 10.1. The smallest absolute Gasteiger partial charge is 0.223 e. The lowest BCUT2D eigenvalue weighted by atomic mass is 9.86. The Morgan fingerprint density at radius 2 is 2.14 bits per heavy atom. The molecule has 14 heavy (non-hydrogen) atoms. The molecule has 1 heterocycles. The lowest BCUT2D eigenvalue weighted by molar-refractivity contribution is 0.438. The van der Waals surface area contributed by atoms with E-state index >= 15 is 0 Å². The van der Waals surface area contributed by atoms with Crippen LogP contribution in [0.25, 0.3) is 0 Å². The molecule has 2 rings (SSSR count). The number of nitrogens with zero attached hydrogens (tertiary/aromatic N) is 2. The normalized spacial score (nSPS) is 20.6. The SMILES string of the molecule is CCC1CCc2nc(Cl)nc(Cl)c2C1. The Morgan fingerprint density at radius 3 is 2.86 bits per heavy atom. The minimum atomic E-state index is 0.267. The molecule has 0 N–H and O–H groups in total. The summed E-state index contributed by atoms with van der Waals surface area (Å²) < 4.78 is 0. The van der Waals surface area contributed by atoms with Gasteiger partial charge in [-0.25, -0.2) is 9.97 Å². The van der Waals surface area contributed by atoms with E-state index in [0.29, 0.717) is 5.15 Å². The maximum Gasteiger partial charge on any atom is 0.224 e. The molecule has 0 aromatic carbocycles. The number of hydrogen-bond acceptors (Lipinski definition) is 2. The number of aryl methyl sites for hydroxylation is 1. The molecule has 1 unspecified atom stereocenters. The van der Waals surface area contributed by atoms with Crippen molar-refractivity contribution in [1.29, 1.82) is 0 Å². The van der Waals surface area contributed by atoms with Gasteiger partial charge in [-0.1, -0.05) is 24.9 Å². The van der Waals surface area contributed by atoms with E-state index in [1.807, 2.05) is 0 Å². The summed E-state index contributed by atoms with van der Waals surface area (Å²) in [5.41, 5.74) is 2.15. The van der Waals surface area contributed by atoms with Crippen LogP contribution in [-0.4, -0.2) is 9.97 Å². The predicted molar refractivity (Wildman–Crippen MR) is 57.9 cm³/mol. The Balaban J connectivity index is 2.37. The van der Waals surface area contributed by atoms with Crippen LogP contribution in [-0.2, 0) is 12.8 Å². The molecule has 0 amide bonds. The van der Waals surface area contributed by atoms with Gasteiger partial charge >= 0.3 is 0 Å². The second-order valence-corrected chi connectivity index (χ2v) is 4.42. The van der Waals surface area contributed by atoms with Gasteiger partial charge in [0.2, 0.25) is 5.28 Å². The summed E-state index contributed by atoms with van der Waals surface area (Å²) in [5, 5.41) is 0.807. The van der Waals surface area contributed by atoms with E-state index in [2.05, 4.69) is 16.9 Å². The molecule has 1 aliphatic rings. The highest BCUT2D eigenvalue weighted by molar-refractivity contribution is 6.32. The fraction of sp³-hybridized carbons (Fsp3) is 0.600. The molecular formula is C10H12Cl2N2. The van der Waals surface area contributed by atoms with Crippen LogP contribution in [0.5, 0.6) is 0 Å². The molecule has 1 aromatic heterocycles. The maximum atomic E-state index is 6.03. The second kappa shape index (κ2) is 4.03. The van der Waals surface area contributed by atoms with Gasteiger partial charge in [0.25, 0.3) is 0 Å². The van der Waals surface area contributed by atoms with Crippen molar-refractivity contribution in [3.05, 3.63) is 21.7 Å². The first-order valence-electron chi connectivity index (χ1n) is 4.91. The third kappa shape index (κ3) is 1.86. The largest absolute Gasteiger partial charge is 0.224 e. The van der Waals surface area contributed by atoms with Crippen molar-refractivity contribution in [2.75, 3.05) is 0 Å². The molecule has 0 bridgehead atoms. The van der Waals surface area contributed by atoms with Crippen LogP contribution in [0, 0.1) is 5.92 Å². The zero-order valence-electron chi connectivity index (χ0n) is 8.06. The minimum absolute atomic E-state index is 0.267. The highest BCUT2D eigenvalue weighted by Gasteiger charge is 2.21. The molecule has 0 radical (unpaired) electrons. The van der Waals surface area contributed by atoms with Gasteiger partial charge in [0.05, 0.1) is 5.69 Å². The Labute approximate surface area is 93.7 Å². The van der Waals surface area contributed by atoms with Crippen LogP contribution < -0.4 is 0 Å². The third-order valence-corrected chi connectivity index (χ3v) is 3.36. The van der Waals surface area contributed by atoms with Crippen molar-refractivity contribution in [3.63, 3.8) is 0 Å². The first-order valence-corrected chi connectivity index (χ1v) is 5.67. The van der Waals surface area contributed by atoms with Crippen LogP contribution in [0.15, 0.2) is 0 Å². The summed E-state index contributed by atoms with van der Waals surface area (Å²) in [5.74, 6) is 0.727. The van der Waals surface area contributed by atoms with Crippen LogP contribution in [0.4, 0.5) is 0 Å². The third-order valence-electron chi connectivity index (χ3n) is 2.87. The second-order valence-electron chi connectivity index (χ2n) is 3.73. The molecule has 0 aliphatic heterocycles. The molecule has 76 valence electrons. The maximum absolute atomic E-state index is 6.03. The van der Waals surface area contributed by atoms with Crippen LogP contribution in [0.2, 0.25) is 10.4 Å². The van der Waals surface area contributed by atoms with Crippen LogP contribution in [0.1, 0.15) is 31.0 Å². The van der Waals surface area contributed by atoms with Crippen LogP contribution >= 0.6 is 23.2 Å². The average molecular weight is 231 g/mol. The number of aromatic nitrogens is 2. The first-order chi connectivity index (χ1) is 6.70. The zero-order valence-corrected chi connectivity index (χ0v) is 9.57. The van der Waals surface area contributed by atoms with E-state index in [9.17, 15) is 0 Å². The Morgan fingerprint density at radius 1 is 1.36 bits per heavy atom. The molecule has 1 aromatic rings. The topological polar surface area (TPSA) is 25.8 Å². The van der Waals surface area contributed by atoms with Gasteiger partial charge in [0, 0.05) is 5.56 Å². The summed E-state index contributed by atoms with van der Waals surface area (Å²) >= 11 is 11.8. The van der Waals surface area contributed by atoms with Gasteiger partial charge in [-0.05, 0) is 36.8 Å². The van der Waals surface area contributed by atoms with Gasteiger partial charge in [-0.2, -0.15) is 0 Å². The van der Waals surface area contributed by atoms with Gasteiger partial charge in [0.1, 0.15) is 5.15 Å². The fourth-order valence-corrected chi connectivity index (χ4v) is 2.46. The van der Waals surface area contributed by atoms with Crippen molar-refractivity contribution in [2.24, 2.45) is 5.92 Å². The van der Waals surface area contributed by atoms with Gasteiger partial charge in [-0.3, -0.25) is 0 Å². The van der Waals surface area contributed by atoms with Crippen molar-refractivity contribution in [3.8, 4) is 0 Å². The molecule has 2 nitrogen and oxygen atoms in total. The Hall–Kier alpha value is -0.340. The number of rotatable bonds is 1. The van der Waals surface area contributed by atoms with E-state index in [-0.39, 0.29) is 5.28 Å². The van der Waals surface area contributed by atoms with E-state index < -0.39 is 0 Å². The number of hydrogen-bond donors (Lipinski definition) is 0. The standard InChI is InChI=1S/C10H12Cl2N2/c1-2-6-3-4-8-7(5-6)9(11)14-10(12)13-8/h6H,2-5H2,1H3. The summed E-state index contributed by atoms with van der Waals surface area (Å²) in [7, 11) is 0. The molecule has 1 atom stereocenters. The molecular weight excluding hydrogens is 219 g/mol. The van der Waals surface area contributed by atoms with Crippen molar-refractivity contribution >= 4 is 23.2 Å². The lowest BCUT2D eigenvalue weighted by Gasteiger charge is -2.22. The summed E-state index contributed by atoms with van der Waals surface area (Å²) in [6.45, 7) is 2.21. The van der Waals surface area contributed by atoms with E-state index in [0.717, 1.165) is 30.0 Å². The first kappa shape index (κ1) is 10.2. The fourth-order valence-electron chi connectivity index (χ4n) is 1.96. The van der Waals surface area contributed by atoms with E-state index in [1.54, 1.807) is 0 Å². The van der Waals surface area contributed by atoms with E-state index in [4.69, 9.17) is 23.2 Å². The van der Waals surface area contributed by atoms with Crippen molar-refractivity contribution in [1.82, 2.24) is 9.97 Å². The van der Waals surface area contributed by atoms with Crippen molar-refractivity contribution < 1.29 is 0 Å². The Bertz CT molecular complexity index is 352.